The first-order valence-corrected chi connectivity index (χ1v) is 7.67. The minimum atomic E-state index is 0.610. The smallest absolute Gasteiger partial charge is 0.160 e. The van der Waals surface area contributed by atoms with Crippen molar-refractivity contribution < 1.29 is 0 Å². The lowest BCUT2D eigenvalue weighted by atomic mass is 10.1. The summed E-state index contributed by atoms with van der Waals surface area (Å²) in [5.41, 5.74) is 3.29. The number of nitrogens with zero attached hydrogens (tertiary/aromatic N) is 4. The second-order valence-electron chi connectivity index (χ2n) is 5.93. The molecule has 0 spiro atoms. The van der Waals surface area contributed by atoms with Gasteiger partial charge in [0.15, 0.2) is 5.82 Å². The summed E-state index contributed by atoms with van der Waals surface area (Å²) in [6.45, 7) is 5.28. The predicted octanol–water partition coefficient (Wildman–Crippen LogP) is 3.11. The van der Waals surface area contributed by atoms with Gasteiger partial charge in [0.1, 0.15) is 5.69 Å². The number of pyridine rings is 1. The number of nitrogens with one attached hydrogen (secondary N) is 1. The fourth-order valence-corrected chi connectivity index (χ4v) is 2.54. The van der Waals surface area contributed by atoms with E-state index in [1.54, 1.807) is 6.20 Å². The van der Waals surface area contributed by atoms with E-state index in [1.165, 1.54) is 5.56 Å². The van der Waals surface area contributed by atoms with Crippen LogP contribution in [0.1, 0.15) is 25.1 Å². The summed E-state index contributed by atoms with van der Waals surface area (Å²) in [6, 6.07) is 6.16. The maximum Gasteiger partial charge on any atom is 0.160 e. The van der Waals surface area contributed by atoms with E-state index in [4.69, 9.17) is 0 Å². The van der Waals surface area contributed by atoms with Gasteiger partial charge in [-0.05, 0) is 36.5 Å². The van der Waals surface area contributed by atoms with Crippen molar-refractivity contribution in [2.75, 3.05) is 0 Å². The van der Waals surface area contributed by atoms with Crippen LogP contribution in [0.4, 0.5) is 0 Å². The van der Waals surface area contributed by atoms with E-state index in [0.29, 0.717) is 5.92 Å². The van der Waals surface area contributed by atoms with Crippen molar-refractivity contribution in [3.05, 3.63) is 54.2 Å². The van der Waals surface area contributed by atoms with Crippen LogP contribution in [-0.4, -0.2) is 24.7 Å². The van der Waals surface area contributed by atoms with Crippen molar-refractivity contribution in [3.8, 4) is 11.5 Å². The molecule has 0 aliphatic heterocycles. The van der Waals surface area contributed by atoms with Crippen LogP contribution in [0.25, 0.3) is 11.5 Å². The van der Waals surface area contributed by atoms with Crippen LogP contribution >= 0.6 is 0 Å². The highest BCUT2D eigenvalue weighted by molar-refractivity contribution is 5.50. The highest BCUT2D eigenvalue weighted by Gasteiger charge is 2.11. The summed E-state index contributed by atoms with van der Waals surface area (Å²) in [6.07, 6.45) is 9.47. The number of hydrogen-bond acceptors (Lipinski definition) is 3. The molecule has 5 nitrogen and oxygen atoms in total. The molecule has 3 heterocycles. The van der Waals surface area contributed by atoms with Crippen LogP contribution in [0.3, 0.4) is 0 Å². The molecule has 0 unspecified atom stereocenters. The Labute approximate surface area is 130 Å². The Morgan fingerprint density at radius 3 is 2.95 bits per heavy atom. The first-order chi connectivity index (χ1) is 10.7. The quantitative estimate of drug-likeness (QED) is 0.760. The molecule has 0 amide bonds. The van der Waals surface area contributed by atoms with E-state index in [0.717, 1.165) is 36.6 Å². The topological polar surface area (TPSA) is 59.4 Å². The summed E-state index contributed by atoms with van der Waals surface area (Å²) in [7, 11) is 0. The van der Waals surface area contributed by atoms with Gasteiger partial charge in [-0.2, -0.15) is 5.10 Å². The van der Waals surface area contributed by atoms with Gasteiger partial charge >= 0.3 is 0 Å². The number of rotatable bonds is 6. The number of aryl methyl sites for hydroxylation is 2. The van der Waals surface area contributed by atoms with Crippen molar-refractivity contribution in [2.45, 2.75) is 33.2 Å². The van der Waals surface area contributed by atoms with Crippen LogP contribution in [0.2, 0.25) is 0 Å². The number of hydrogen-bond donors (Lipinski definition) is 1. The average molecular weight is 295 g/mol. The van der Waals surface area contributed by atoms with Crippen molar-refractivity contribution in [2.24, 2.45) is 5.92 Å². The molecule has 114 valence electrons. The first kappa shape index (κ1) is 14.5. The fraction of sp³-hybridized carbons (Fsp3) is 0.353. The van der Waals surface area contributed by atoms with Crippen molar-refractivity contribution >= 4 is 0 Å². The van der Waals surface area contributed by atoms with Gasteiger partial charge in [-0.15, -0.1) is 0 Å². The van der Waals surface area contributed by atoms with E-state index < -0.39 is 0 Å². The zero-order valence-electron chi connectivity index (χ0n) is 13.0. The molecular formula is C17H21N5. The molecule has 0 radical (unpaired) electrons. The summed E-state index contributed by atoms with van der Waals surface area (Å²) in [5.74, 6) is 1.52. The van der Waals surface area contributed by atoms with Crippen LogP contribution in [0.15, 0.2) is 43.0 Å². The van der Waals surface area contributed by atoms with Crippen molar-refractivity contribution in [3.63, 3.8) is 0 Å². The van der Waals surface area contributed by atoms with Gasteiger partial charge in [-0.3, -0.25) is 10.1 Å². The molecule has 0 aromatic carbocycles. The molecule has 0 saturated carbocycles. The van der Waals surface area contributed by atoms with Gasteiger partial charge in [0.2, 0.25) is 0 Å². The Morgan fingerprint density at radius 2 is 2.18 bits per heavy atom. The monoisotopic (exact) mass is 295 g/mol. The second-order valence-corrected chi connectivity index (χ2v) is 5.93. The lowest BCUT2D eigenvalue weighted by Crippen LogP contribution is -2.03. The third-order valence-electron chi connectivity index (χ3n) is 3.57. The third kappa shape index (κ3) is 3.42. The van der Waals surface area contributed by atoms with E-state index in [2.05, 4.69) is 50.7 Å². The Balaban J connectivity index is 1.73. The van der Waals surface area contributed by atoms with Gasteiger partial charge in [-0.25, -0.2) is 4.98 Å². The van der Waals surface area contributed by atoms with Crippen molar-refractivity contribution in [1.82, 2.24) is 24.7 Å². The third-order valence-corrected chi connectivity index (χ3v) is 3.57. The van der Waals surface area contributed by atoms with Crippen LogP contribution in [0.5, 0.6) is 0 Å². The van der Waals surface area contributed by atoms with E-state index in [9.17, 15) is 0 Å². The lowest BCUT2D eigenvalue weighted by molar-refractivity contribution is 0.633. The van der Waals surface area contributed by atoms with Crippen LogP contribution in [0, 0.1) is 5.92 Å². The van der Waals surface area contributed by atoms with Gasteiger partial charge < -0.3 is 4.57 Å². The summed E-state index contributed by atoms with van der Waals surface area (Å²) in [5, 5.41) is 7.52. The number of imidazole rings is 1. The van der Waals surface area contributed by atoms with Crippen LogP contribution < -0.4 is 0 Å². The lowest BCUT2D eigenvalue weighted by Gasteiger charge is -2.06. The molecule has 3 rings (SSSR count). The number of aromatic amines is 1. The van der Waals surface area contributed by atoms with Gasteiger partial charge in [0.05, 0.1) is 0 Å². The summed E-state index contributed by atoms with van der Waals surface area (Å²) in [4.78, 5) is 8.61. The number of H-pyrrole nitrogens is 1. The molecule has 22 heavy (non-hydrogen) atoms. The molecule has 0 aliphatic carbocycles. The minimum absolute atomic E-state index is 0.610. The maximum absolute atomic E-state index is 4.46. The molecule has 0 aliphatic rings. The van der Waals surface area contributed by atoms with Crippen molar-refractivity contribution in [1.29, 1.82) is 0 Å². The molecule has 0 fully saturated rings. The normalized spacial score (nSPS) is 11.2. The molecule has 3 aromatic rings. The highest BCUT2D eigenvalue weighted by atomic mass is 15.2. The van der Waals surface area contributed by atoms with Gasteiger partial charge in [0.25, 0.3) is 0 Å². The minimum Gasteiger partial charge on any atom is -0.329 e. The zero-order chi connectivity index (χ0) is 15.4. The van der Waals surface area contributed by atoms with Gasteiger partial charge in [0, 0.05) is 37.0 Å². The summed E-state index contributed by atoms with van der Waals surface area (Å²) >= 11 is 0. The average Bonchev–Trinajstić information content (AvgIpc) is 3.14. The standard InChI is InChI=1S/C17H21N5/c1-13(2)10-15-11-16(21-20-15)17-19-7-9-22(17)8-5-14-4-3-6-18-12-14/h3-4,6-7,9,11-13H,5,8,10H2,1-2H3,(H,20,21). The first-order valence-electron chi connectivity index (χ1n) is 7.67. The fourth-order valence-electron chi connectivity index (χ4n) is 2.54. The molecule has 0 bridgehead atoms. The molecule has 0 saturated heterocycles. The zero-order valence-corrected chi connectivity index (χ0v) is 13.0. The Morgan fingerprint density at radius 1 is 1.27 bits per heavy atom. The highest BCUT2D eigenvalue weighted by Crippen LogP contribution is 2.18. The molecule has 3 aromatic heterocycles. The Hall–Kier alpha value is -2.43. The van der Waals surface area contributed by atoms with E-state index in [1.807, 2.05) is 24.7 Å². The Bertz CT molecular complexity index is 711. The van der Waals surface area contributed by atoms with E-state index >= 15 is 0 Å². The molecular weight excluding hydrogens is 274 g/mol. The Kier molecular flexibility index (Phi) is 4.32. The molecule has 5 heteroatoms. The second kappa shape index (κ2) is 6.56. The number of aromatic nitrogens is 5. The van der Waals surface area contributed by atoms with Gasteiger partial charge in [-0.1, -0.05) is 19.9 Å². The van der Waals surface area contributed by atoms with Crippen LogP contribution in [-0.2, 0) is 19.4 Å². The predicted molar refractivity (Wildman–Crippen MR) is 86.3 cm³/mol. The molecule has 1 N–H and O–H groups in total. The SMILES string of the molecule is CC(C)Cc1cc(-c2nccn2CCc2cccnc2)n[nH]1. The summed E-state index contributed by atoms with van der Waals surface area (Å²) < 4.78 is 2.14. The largest absolute Gasteiger partial charge is 0.329 e. The maximum atomic E-state index is 4.46. The molecule has 0 atom stereocenters. The van der Waals surface area contributed by atoms with E-state index in [-0.39, 0.29) is 0 Å².